The number of nitrogens with one attached hydrogen (secondary N) is 10. The fourth-order valence-corrected chi connectivity index (χ4v) is 6.54. The van der Waals surface area contributed by atoms with E-state index >= 15 is 0 Å². The van der Waals surface area contributed by atoms with Crippen molar-refractivity contribution in [2.75, 3.05) is 19.6 Å². The van der Waals surface area contributed by atoms with E-state index in [1.807, 2.05) is 0 Å². The van der Waals surface area contributed by atoms with Crippen molar-refractivity contribution in [3.05, 3.63) is 35.9 Å². The summed E-state index contributed by atoms with van der Waals surface area (Å²) in [6.07, 6.45) is -1.16. The lowest BCUT2D eigenvalue weighted by atomic mass is 10.0. The van der Waals surface area contributed by atoms with E-state index in [0.717, 1.165) is 0 Å². The fourth-order valence-electron chi connectivity index (χ4n) is 6.54. The van der Waals surface area contributed by atoms with Gasteiger partial charge in [0.05, 0.1) is 12.1 Å². The number of hydrogen-bond donors (Lipinski definition) is 17. The van der Waals surface area contributed by atoms with Crippen molar-refractivity contribution in [3.8, 4) is 0 Å². The number of hydrogen-bond acceptors (Lipinski definition) is 13. The molecule has 376 valence electrons. The quantitative estimate of drug-likeness (QED) is 0.0185. The summed E-state index contributed by atoms with van der Waals surface area (Å²) in [5, 5.41) is 64.7. The number of rotatable bonds is 33. The van der Waals surface area contributed by atoms with E-state index in [-0.39, 0.29) is 88.8 Å². The predicted molar refractivity (Wildman–Crippen MR) is 247 cm³/mol. The van der Waals surface area contributed by atoms with Crippen molar-refractivity contribution < 1.29 is 53.7 Å². The molecule has 0 saturated carbocycles. The summed E-state index contributed by atoms with van der Waals surface area (Å²) in [6.45, 7) is 5.24. The fraction of sp³-hybridized carbons (Fsp3) is 0.619. The Balaban J connectivity index is 3.42. The highest BCUT2D eigenvalue weighted by molar-refractivity contribution is 5.97. The number of nitrogens with two attached hydrogens (primary N) is 4. The number of carboxylic acid groups (broad SMARTS) is 2. The summed E-state index contributed by atoms with van der Waals surface area (Å²) in [4.78, 5) is 105. The summed E-state index contributed by atoms with van der Waals surface area (Å²) < 4.78 is 0. The zero-order chi connectivity index (χ0) is 50.6. The summed E-state index contributed by atoms with van der Waals surface area (Å²) in [7, 11) is 0. The third-order valence-electron chi connectivity index (χ3n) is 10.1. The summed E-state index contributed by atoms with van der Waals surface area (Å²) in [6, 6.07) is -1.20. The van der Waals surface area contributed by atoms with Crippen LogP contribution in [0.5, 0.6) is 0 Å². The number of aliphatic hydroxyl groups excluding tert-OH is 1. The molecule has 0 aliphatic rings. The normalized spacial score (nSPS) is 14.6. The first-order valence-electron chi connectivity index (χ1n) is 22.2. The molecule has 25 heteroatoms. The largest absolute Gasteiger partial charge is 0.481 e. The molecule has 0 radical (unpaired) electrons. The molecular weight excluding hydrogens is 877 g/mol. The van der Waals surface area contributed by atoms with Crippen LogP contribution in [0, 0.1) is 16.7 Å². The van der Waals surface area contributed by atoms with Gasteiger partial charge in [-0.2, -0.15) is 0 Å². The summed E-state index contributed by atoms with van der Waals surface area (Å²) >= 11 is 0. The van der Waals surface area contributed by atoms with Crippen LogP contribution in [0.15, 0.2) is 30.3 Å². The van der Waals surface area contributed by atoms with Gasteiger partial charge in [-0.05, 0) is 82.7 Å². The lowest BCUT2D eigenvalue weighted by Crippen LogP contribution is -2.61. The third kappa shape index (κ3) is 24.5. The first-order valence-corrected chi connectivity index (χ1v) is 22.2. The Hall–Kier alpha value is -6.60. The predicted octanol–water partition coefficient (Wildman–Crippen LogP) is -3.50. The van der Waals surface area contributed by atoms with Gasteiger partial charge in [-0.15, -0.1) is 0 Å². The number of carboxylic acids is 2. The Morgan fingerprint density at radius 3 is 1.49 bits per heavy atom. The topological polar surface area (TPSA) is 445 Å². The zero-order valence-electron chi connectivity index (χ0n) is 38.4. The van der Waals surface area contributed by atoms with Crippen LogP contribution in [0.25, 0.3) is 0 Å². The van der Waals surface area contributed by atoms with E-state index in [1.165, 1.54) is 6.92 Å². The van der Waals surface area contributed by atoms with E-state index in [0.29, 0.717) is 18.4 Å². The molecule has 0 aliphatic heterocycles. The molecule has 8 atom stereocenters. The Morgan fingerprint density at radius 2 is 1.04 bits per heavy atom. The third-order valence-corrected chi connectivity index (χ3v) is 10.1. The lowest BCUT2D eigenvalue weighted by Gasteiger charge is -2.29. The highest BCUT2D eigenvalue weighted by atomic mass is 16.4. The van der Waals surface area contributed by atoms with Crippen LogP contribution in [0.3, 0.4) is 0 Å². The Kier molecular flexibility index (Phi) is 27.3. The second kappa shape index (κ2) is 31.3. The number of aliphatic carboxylic acids is 2. The smallest absolute Gasteiger partial charge is 0.326 e. The molecule has 0 bridgehead atoms. The SMILES string of the molecule is CC(C)C[C@H](NC(=O)[C@H](CCCCN)NC(=O)[C@H](CCCNC(=N)N)NC(=O)[C@@H](N)CCC(=O)O)C(=O)N[C@@H](CCCNC(=N)N)C(=O)N[C@H](C(=O)N[C@@H](Cc1ccccc1)C(=O)O)[C@@H](C)O. The van der Waals surface area contributed by atoms with E-state index in [4.69, 9.17) is 38.9 Å². The second-order valence-electron chi connectivity index (χ2n) is 16.5. The molecule has 25 nitrogen and oxygen atoms in total. The molecule has 1 rings (SSSR count). The van der Waals surface area contributed by atoms with Gasteiger partial charge < -0.3 is 80.8 Å². The van der Waals surface area contributed by atoms with Crippen molar-refractivity contribution in [2.24, 2.45) is 28.9 Å². The highest BCUT2D eigenvalue weighted by Gasteiger charge is 2.35. The van der Waals surface area contributed by atoms with Gasteiger partial charge in [0.1, 0.15) is 36.3 Å². The highest BCUT2D eigenvalue weighted by Crippen LogP contribution is 2.11. The molecule has 0 aromatic heterocycles. The average Bonchev–Trinajstić information content (AvgIpc) is 3.25. The number of amides is 6. The molecular formula is C42H72N14O11. The summed E-state index contributed by atoms with van der Waals surface area (Å²) in [5.74, 6) is -8.66. The number of unbranched alkanes of at least 4 members (excludes halogenated alkanes) is 1. The van der Waals surface area contributed by atoms with Crippen LogP contribution < -0.4 is 65.5 Å². The molecule has 6 amide bonds. The molecule has 67 heavy (non-hydrogen) atoms. The molecule has 0 unspecified atom stereocenters. The number of carbonyl (C=O) groups excluding carboxylic acids is 6. The van der Waals surface area contributed by atoms with Crippen LogP contribution in [0.4, 0.5) is 0 Å². The molecule has 21 N–H and O–H groups in total. The van der Waals surface area contributed by atoms with Gasteiger partial charge in [0.25, 0.3) is 0 Å². The number of guanidine groups is 2. The summed E-state index contributed by atoms with van der Waals surface area (Å²) in [5.41, 5.74) is 23.0. The van der Waals surface area contributed by atoms with Gasteiger partial charge in [-0.25, -0.2) is 4.79 Å². The molecule has 0 heterocycles. The van der Waals surface area contributed by atoms with Crippen LogP contribution in [-0.4, -0.2) is 143 Å². The average molecular weight is 949 g/mol. The zero-order valence-corrected chi connectivity index (χ0v) is 38.4. The second-order valence-corrected chi connectivity index (χ2v) is 16.5. The minimum Gasteiger partial charge on any atom is -0.481 e. The van der Waals surface area contributed by atoms with Crippen LogP contribution in [-0.2, 0) is 44.8 Å². The molecule has 0 aliphatic carbocycles. The van der Waals surface area contributed by atoms with E-state index in [1.54, 1.807) is 44.2 Å². The molecule has 1 aromatic carbocycles. The minimum atomic E-state index is -1.68. The van der Waals surface area contributed by atoms with Crippen molar-refractivity contribution >= 4 is 59.3 Å². The first kappa shape index (κ1) is 58.4. The van der Waals surface area contributed by atoms with Crippen molar-refractivity contribution in [1.29, 1.82) is 10.8 Å². The van der Waals surface area contributed by atoms with Crippen LogP contribution >= 0.6 is 0 Å². The number of benzene rings is 1. The van der Waals surface area contributed by atoms with E-state index in [9.17, 15) is 48.6 Å². The number of aliphatic hydroxyl groups is 1. The van der Waals surface area contributed by atoms with Crippen LogP contribution in [0.2, 0.25) is 0 Å². The monoisotopic (exact) mass is 949 g/mol. The lowest BCUT2D eigenvalue weighted by molar-refractivity contribution is -0.143. The van der Waals surface area contributed by atoms with Gasteiger partial charge in [0.2, 0.25) is 35.4 Å². The molecule has 0 fully saturated rings. The maximum Gasteiger partial charge on any atom is 0.326 e. The van der Waals surface area contributed by atoms with Gasteiger partial charge in [0, 0.05) is 25.9 Å². The van der Waals surface area contributed by atoms with Gasteiger partial charge >= 0.3 is 11.9 Å². The maximum atomic E-state index is 14.1. The number of carbonyl (C=O) groups is 8. The molecule has 0 saturated heterocycles. The van der Waals surface area contributed by atoms with Crippen molar-refractivity contribution in [2.45, 2.75) is 140 Å². The van der Waals surface area contributed by atoms with E-state index in [2.05, 4.69) is 42.5 Å². The standard InChI is InChI=1S/C42H72N14O11/c1-23(2)21-30(54-36(62)27(13-7-8-18-43)52-35(61)28(14-9-19-49-41(45)46)51-34(60)26(44)16-17-32(58)59)38(64)53-29(15-10-20-50-42(47)48)37(63)56-33(24(3)57)39(65)55-31(40(66)67)22-25-11-5-4-6-12-25/h4-6,11-12,23-24,26-31,33,57H,7-10,13-22,43-44H2,1-3H3,(H,51,60)(H,52,61)(H,53,64)(H,54,62)(H,55,65)(H,56,63)(H,58,59)(H,66,67)(H4,45,46,49)(H4,47,48,50)/t24-,26+,27+,28+,29+,30+,31+,33+/m1/s1. The van der Waals surface area contributed by atoms with Gasteiger partial charge in [0.15, 0.2) is 11.9 Å². The molecule has 1 aromatic rings. The Morgan fingerprint density at radius 1 is 0.597 bits per heavy atom. The Bertz CT molecular complexity index is 1800. The van der Waals surface area contributed by atoms with Crippen molar-refractivity contribution in [3.63, 3.8) is 0 Å². The van der Waals surface area contributed by atoms with Crippen LogP contribution in [0.1, 0.15) is 90.5 Å². The minimum absolute atomic E-state index is 0.0180. The van der Waals surface area contributed by atoms with Gasteiger partial charge in [-0.1, -0.05) is 44.2 Å². The van der Waals surface area contributed by atoms with Crippen molar-refractivity contribution in [1.82, 2.24) is 42.5 Å². The first-order chi connectivity index (χ1) is 31.5. The molecule has 0 spiro atoms. The maximum absolute atomic E-state index is 14.1. The Labute approximate surface area is 389 Å². The van der Waals surface area contributed by atoms with E-state index < -0.39 is 102 Å². The van der Waals surface area contributed by atoms with Gasteiger partial charge in [-0.3, -0.25) is 44.4 Å².